The lowest BCUT2D eigenvalue weighted by molar-refractivity contribution is -0.0340. The van der Waals surface area contributed by atoms with Crippen molar-refractivity contribution in [1.29, 1.82) is 0 Å². The summed E-state index contributed by atoms with van der Waals surface area (Å²) in [6, 6.07) is 15.7. The van der Waals surface area contributed by atoms with Crippen molar-refractivity contribution in [2.24, 2.45) is 5.92 Å². The molecule has 3 heterocycles. The molecule has 3 fully saturated rings. The first-order valence-corrected chi connectivity index (χ1v) is 12.0. The molecule has 4 aliphatic rings. The number of ether oxygens (including phenoxy) is 1. The van der Waals surface area contributed by atoms with Crippen molar-refractivity contribution < 1.29 is 9.53 Å². The fourth-order valence-corrected chi connectivity index (χ4v) is 5.56. The molecule has 164 valence electrons. The number of fused-ring (bicyclic) bond motifs is 4. The van der Waals surface area contributed by atoms with Crippen LogP contribution in [0.2, 0.25) is 0 Å². The molecule has 2 atom stereocenters. The van der Waals surface area contributed by atoms with E-state index in [0.29, 0.717) is 11.8 Å². The first-order valence-electron chi connectivity index (χ1n) is 12.0. The van der Waals surface area contributed by atoms with Gasteiger partial charge < -0.3 is 10.1 Å². The Morgan fingerprint density at radius 3 is 2.45 bits per heavy atom. The minimum absolute atomic E-state index is 0.0506. The maximum atomic E-state index is 12.7. The molecule has 6 rings (SSSR count). The summed E-state index contributed by atoms with van der Waals surface area (Å²) in [5.41, 5.74) is 6.48. The minimum Gasteiger partial charge on any atom is -0.445 e. The van der Waals surface area contributed by atoms with E-state index in [4.69, 9.17) is 4.74 Å². The smallest absolute Gasteiger partial charge is 0.407 e. The van der Waals surface area contributed by atoms with Gasteiger partial charge in [-0.05, 0) is 84.8 Å². The first kappa shape index (κ1) is 20.6. The van der Waals surface area contributed by atoms with Gasteiger partial charge in [0.25, 0.3) is 0 Å². The SMILES string of the molecule is CC(C)c1ccc(-c2ccc3c(c2)CCCC3NC(=O)O[C@H]2CN3CCC2CC3)cc1. The fourth-order valence-electron chi connectivity index (χ4n) is 5.56. The van der Waals surface area contributed by atoms with Gasteiger partial charge in [0.1, 0.15) is 6.10 Å². The van der Waals surface area contributed by atoms with Gasteiger partial charge in [-0.3, -0.25) is 4.90 Å². The molecule has 1 unspecified atom stereocenters. The van der Waals surface area contributed by atoms with E-state index in [0.717, 1.165) is 51.7 Å². The van der Waals surface area contributed by atoms with Crippen LogP contribution in [0, 0.1) is 5.92 Å². The molecular formula is C27H34N2O2. The van der Waals surface area contributed by atoms with Gasteiger partial charge in [-0.2, -0.15) is 0 Å². The maximum Gasteiger partial charge on any atom is 0.407 e. The number of piperidine rings is 3. The lowest BCUT2D eigenvalue weighted by Crippen LogP contribution is -2.52. The molecule has 1 aliphatic carbocycles. The molecular weight excluding hydrogens is 384 g/mol. The molecule has 0 radical (unpaired) electrons. The van der Waals surface area contributed by atoms with Crippen LogP contribution in [-0.4, -0.2) is 36.7 Å². The lowest BCUT2D eigenvalue weighted by Gasteiger charge is -2.44. The molecule has 3 aliphatic heterocycles. The third-order valence-electron chi connectivity index (χ3n) is 7.51. The van der Waals surface area contributed by atoms with E-state index in [1.165, 1.54) is 27.8 Å². The van der Waals surface area contributed by atoms with Crippen LogP contribution in [-0.2, 0) is 11.2 Å². The topological polar surface area (TPSA) is 41.6 Å². The second kappa shape index (κ2) is 8.66. The van der Waals surface area contributed by atoms with Crippen molar-refractivity contribution in [2.75, 3.05) is 19.6 Å². The minimum atomic E-state index is -0.245. The summed E-state index contributed by atoms with van der Waals surface area (Å²) in [5, 5.41) is 3.18. The average molecular weight is 419 g/mol. The predicted octanol–water partition coefficient (Wildman–Crippen LogP) is 5.67. The van der Waals surface area contributed by atoms with Crippen molar-refractivity contribution in [2.45, 2.75) is 64.0 Å². The summed E-state index contributed by atoms with van der Waals surface area (Å²) >= 11 is 0. The van der Waals surface area contributed by atoms with E-state index in [1.54, 1.807) is 0 Å². The zero-order valence-corrected chi connectivity index (χ0v) is 18.8. The largest absolute Gasteiger partial charge is 0.445 e. The zero-order valence-electron chi connectivity index (χ0n) is 18.8. The Morgan fingerprint density at radius 1 is 1.03 bits per heavy atom. The van der Waals surface area contributed by atoms with Crippen molar-refractivity contribution in [3.8, 4) is 11.1 Å². The number of alkyl carbamates (subject to hydrolysis) is 1. The molecule has 2 aromatic rings. The Kier molecular flexibility index (Phi) is 5.75. The maximum absolute atomic E-state index is 12.7. The van der Waals surface area contributed by atoms with Crippen LogP contribution in [0.25, 0.3) is 11.1 Å². The van der Waals surface area contributed by atoms with Crippen molar-refractivity contribution in [1.82, 2.24) is 10.2 Å². The van der Waals surface area contributed by atoms with Gasteiger partial charge in [0.2, 0.25) is 0 Å². The first-order chi connectivity index (χ1) is 15.1. The molecule has 1 N–H and O–H groups in total. The van der Waals surface area contributed by atoms with Crippen molar-refractivity contribution in [3.05, 3.63) is 59.2 Å². The summed E-state index contributed by atoms with van der Waals surface area (Å²) in [7, 11) is 0. The number of aryl methyl sites for hydroxylation is 1. The van der Waals surface area contributed by atoms with Crippen LogP contribution in [0.1, 0.15) is 68.2 Å². The summed E-state index contributed by atoms with van der Waals surface area (Å²) in [6.07, 6.45) is 5.26. The molecule has 31 heavy (non-hydrogen) atoms. The van der Waals surface area contributed by atoms with Gasteiger partial charge in [-0.15, -0.1) is 0 Å². The Bertz CT molecular complexity index is 929. The van der Waals surface area contributed by atoms with Gasteiger partial charge in [0.15, 0.2) is 0 Å². The van der Waals surface area contributed by atoms with Gasteiger partial charge in [0, 0.05) is 6.54 Å². The molecule has 0 aromatic heterocycles. The molecule has 0 spiro atoms. The fraction of sp³-hybridized carbons (Fsp3) is 0.519. The molecule has 2 bridgehead atoms. The predicted molar refractivity (Wildman–Crippen MR) is 124 cm³/mol. The third-order valence-corrected chi connectivity index (χ3v) is 7.51. The highest BCUT2D eigenvalue weighted by atomic mass is 16.6. The number of benzene rings is 2. The number of hydrogen-bond donors (Lipinski definition) is 1. The Hall–Kier alpha value is -2.33. The second-order valence-electron chi connectivity index (χ2n) is 9.86. The molecule has 4 heteroatoms. The summed E-state index contributed by atoms with van der Waals surface area (Å²) in [5.74, 6) is 1.09. The van der Waals surface area contributed by atoms with Crippen molar-refractivity contribution in [3.63, 3.8) is 0 Å². The number of rotatable bonds is 4. The molecule has 1 amide bonds. The van der Waals surface area contributed by atoms with Crippen LogP contribution in [0.4, 0.5) is 4.79 Å². The Morgan fingerprint density at radius 2 is 1.77 bits per heavy atom. The monoisotopic (exact) mass is 418 g/mol. The van der Waals surface area contributed by atoms with Crippen LogP contribution >= 0.6 is 0 Å². The van der Waals surface area contributed by atoms with Gasteiger partial charge in [-0.1, -0.05) is 56.3 Å². The number of nitrogens with zero attached hydrogens (tertiary/aromatic N) is 1. The van der Waals surface area contributed by atoms with Gasteiger partial charge in [-0.25, -0.2) is 4.79 Å². The third kappa shape index (κ3) is 4.36. The standard InChI is InChI=1S/C27H34N2O2/c1-18(2)19-6-8-20(9-7-19)22-10-11-24-23(16-22)4-3-5-25(24)28-27(30)31-26-17-29-14-12-21(26)13-15-29/h6-11,16,18,21,25-26H,3-5,12-15,17H2,1-2H3,(H,28,30)/t25?,26-/m0/s1. The molecule has 4 nitrogen and oxygen atoms in total. The lowest BCUT2D eigenvalue weighted by atomic mass is 9.85. The van der Waals surface area contributed by atoms with E-state index < -0.39 is 0 Å². The number of hydrogen-bond acceptors (Lipinski definition) is 3. The van der Waals surface area contributed by atoms with Gasteiger partial charge >= 0.3 is 6.09 Å². The Balaban J connectivity index is 1.27. The number of carbonyl (C=O) groups excluding carboxylic acids is 1. The van der Waals surface area contributed by atoms with E-state index in [1.807, 2.05) is 0 Å². The van der Waals surface area contributed by atoms with Gasteiger partial charge in [0.05, 0.1) is 6.04 Å². The zero-order chi connectivity index (χ0) is 21.4. The van der Waals surface area contributed by atoms with Crippen LogP contribution in [0.5, 0.6) is 0 Å². The second-order valence-corrected chi connectivity index (χ2v) is 9.86. The van der Waals surface area contributed by atoms with Crippen LogP contribution in [0.3, 0.4) is 0 Å². The highest BCUT2D eigenvalue weighted by Crippen LogP contribution is 2.34. The normalized spacial score (nSPS) is 27.1. The Labute approximate surface area is 186 Å². The highest BCUT2D eigenvalue weighted by molar-refractivity contribution is 5.69. The molecule has 3 saturated heterocycles. The quantitative estimate of drug-likeness (QED) is 0.695. The number of amides is 1. The van der Waals surface area contributed by atoms with Crippen molar-refractivity contribution >= 4 is 6.09 Å². The van der Waals surface area contributed by atoms with E-state index in [2.05, 4.69) is 66.5 Å². The molecule has 0 saturated carbocycles. The summed E-state index contributed by atoms with van der Waals surface area (Å²) in [4.78, 5) is 15.1. The number of carbonyl (C=O) groups is 1. The highest BCUT2D eigenvalue weighted by Gasteiger charge is 2.37. The molecule has 2 aromatic carbocycles. The number of nitrogens with one attached hydrogen (secondary N) is 1. The summed E-state index contributed by atoms with van der Waals surface area (Å²) in [6.45, 7) is 7.67. The van der Waals surface area contributed by atoms with E-state index in [9.17, 15) is 4.79 Å². The summed E-state index contributed by atoms with van der Waals surface area (Å²) < 4.78 is 5.87. The average Bonchev–Trinajstić information content (AvgIpc) is 2.80. The van der Waals surface area contributed by atoms with Crippen LogP contribution in [0.15, 0.2) is 42.5 Å². The van der Waals surface area contributed by atoms with E-state index in [-0.39, 0.29) is 18.2 Å². The van der Waals surface area contributed by atoms with E-state index >= 15 is 0 Å². The van der Waals surface area contributed by atoms with Crippen LogP contribution < -0.4 is 5.32 Å².